The molecule has 0 saturated carbocycles. The molecule has 0 fully saturated rings. The average Bonchev–Trinajstić information content (AvgIpc) is 2.65. The van der Waals surface area contributed by atoms with Gasteiger partial charge in [0.1, 0.15) is 23.2 Å². The third-order valence-corrected chi connectivity index (χ3v) is 4.27. The summed E-state index contributed by atoms with van der Waals surface area (Å²) in [4.78, 5) is 28.5. The van der Waals surface area contributed by atoms with E-state index in [4.69, 9.17) is 22.1 Å². The van der Waals surface area contributed by atoms with Gasteiger partial charge < -0.3 is 10.5 Å². The van der Waals surface area contributed by atoms with Gasteiger partial charge in [-0.3, -0.25) is 9.36 Å². The molecule has 7 nitrogen and oxygen atoms in total. The number of anilines is 1. The summed E-state index contributed by atoms with van der Waals surface area (Å²) in [6.45, 7) is 0.158. The van der Waals surface area contributed by atoms with Crippen LogP contribution in [0.25, 0.3) is 5.69 Å². The van der Waals surface area contributed by atoms with Crippen LogP contribution < -0.4 is 21.7 Å². The van der Waals surface area contributed by atoms with E-state index >= 15 is 0 Å². The largest absolute Gasteiger partial charge is 0.489 e. The molecule has 0 radical (unpaired) electrons. The van der Waals surface area contributed by atoms with E-state index in [1.54, 1.807) is 12.1 Å². The standard InChI is InChI=1S/C18H14ClF3N4O3/c1-25-14(18(20,21)22)7-16(27)26(17(25)28)13-4-3-11(6-12(13)23)29-9-10-2-5-15(19)24-8-10/h2-8H,9,23H2,1H3. The van der Waals surface area contributed by atoms with Crippen molar-refractivity contribution in [3.63, 3.8) is 0 Å². The van der Waals surface area contributed by atoms with Crippen molar-refractivity contribution in [3.8, 4) is 11.4 Å². The van der Waals surface area contributed by atoms with Crippen LogP contribution in [0.15, 0.2) is 52.2 Å². The van der Waals surface area contributed by atoms with Crippen molar-refractivity contribution in [3.05, 3.63) is 79.8 Å². The van der Waals surface area contributed by atoms with Crippen LogP contribution in [-0.4, -0.2) is 14.1 Å². The summed E-state index contributed by atoms with van der Waals surface area (Å²) in [5.41, 5.74) is 2.92. The van der Waals surface area contributed by atoms with Crippen LogP contribution in [0.2, 0.25) is 5.15 Å². The monoisotopic (exact) mass is 426 g/mol. The lowest BCUT2D eigenvalue weighted by atomic mass is 10.2. The van der Waals surface area contributed by atoms with E-state index in [2.05, 4.69) is 4.98 Å². The minimum atomic E-state index is -4.84. The van der Waals surface area contributed by atoms with Gasteiger partial charge in [0.05, 0.1) is 11.4 Å². The number of hydrogen-bond donors (Lipinski definition) is 1. The minimum Gasteiger partial charge on any atom is -0.489 e. The molecule has 2 heterocycles. The van der Waals surface area contributed by atoms with Crippen molar-refractivity contribution in [2.24, 2.45) is 7.05 Å². The van der Waals surface area contributed by atoms with E-state index in [1.807, 2.05) is 0 Å². The van der Waals surface area contributed by atoms with Crippen LogP contribution in [0, 0.1) is 0 Å². The number of aromatic nitrogens is 3. The fourth-order valence-electron chi connectivity index (χ4n) is 2.60. The maximum Gasteiger partial charge on any atom is 0.431 e. The van der Waals surface area contributed by atoms with E-state index in [0.717, 1.165) is 12.6 Å². The molecule has 0 spiro atoms. The maximum atomic E-state index is 13.0. The Morgan fingerprint density at radius 1 is 1.17 bits per heavy atom. The van der Waals surface area contributed by atoms with E-state index in [9.17, 15) is 22.8 Å². The van der Waals surface area contributed by atoms with Gasteiger partial charge >= 0.3 is 11.9 Å². The molecule has 0 saturated heterocycles. The average molecular weight is 427 g/mol. The Labute approximate surface area is 166 Å². The van der Waals surface area contributed by atoms with Crippen LogP contribution in [0.3, 0.4) is 0 Å². The van der Waals surface area contributed by atoms with Gasteiger partial charge in [0.2, 0.25) is 0 Å². The molecule has 0 aliphatic rings. The molecule has 3 rings (SSSR count). The number of nitrogens with two attached hydrogens (primary N) is 1. The van der Waals surface area contributed by atoms with Gasteiger partial charge in [0, 0.05) is 30.9 Å². The Hall–Kier alpha value is -3.27. The third-order valence-electron chi connectivity index (χ3n) is 4.04. The Morgan fingerprint density at radius 2 is 1.90 bits per heavy atom. The van der Waals surface area contributed by atoms with Crippen LogP contribution in [0.4, 0.5) is 18.9 Å². The molecule has 0 aliphatic heterocycles. The summed E-state index contributed by atoms with van der Waals surface area (Å²) < 4.78 is 45.4. The summed E-state index contributed by atoms with van der Waals surface area (Å²) >= 11 is 5.71. The Balaban J connectivity index is 1.93. The van der Waals surface area contributed by atoms with Crippen molar-refractivity contribution >= 4 is 17.3 Å². The highest BCUT2D eigenvalue weighted by Gasteiger charge is 2.35. The smallest absolute Gasteiger partial charge is 0.431 e. The van der Waals surface area contributed by atoms with Crippen molar-refractivity contribution < 1.29 is 17.9 Å². The summed E-state index contributed by atoms with van der Waals surface area (Å²) in [6.07, 6.45) is -3.31. The quantitative estimate of drug-likeness (QED) is 0.511. The molecule has 2 aromatic heterocycles. The molecule has 0 unspecified atom stereocenters. The molecule has 2 N–H and O–H groups in total. The van der Waals surface area contributed by atoms with Gasteiger partial charge in [-0.15, -0.1) is 0 Å². The Kier molecular flexibility index (Phi) is 5.38. The molecule has 0 amide bonds. The SMILES string of the molecule is Cn1c(C(F)(F)F)cc(=O)n(-c2ccc(OCc3ccc(Cl)nc3)cc2N)c1=O. The van der Waals surface area contributed by atoms with Crippen molar-refractivity contribution in [1.29, 1.82) is 0 Å². The zero-order chi connectivity index (χ0) is 21.3. The summed E-state index contributed by atoms with van der Waals surface area (Å²) in [5, 5.41) is 0.339. The Bertz CT molecular complexity index is 1170. The predicted molar refractivity (Wildman–Crippen MR) is 100 cm³/mol. The molecular formula is C18H14ClF3N4O3. The van der Waals surface area contributed by atoms with Crippen molar-refractivity contribution in [2.75, 3.05) is 5.73 Å². The third kappa shape index (κ3) is 4.27. The van der Waals surface area contributed by atoms with E-state index in [-0.39, 0.29) is 18.0 Å². The summed E-state index contributed by atoms with van der Waals surface area (Å²) in [5.74, 6) is 0.331. The van der Waals surface area contributed by atoms with Crippen LogP contribution >= 0.6 is 11.6 Å². The second kappa shape index (κ2) is 7.63. The number of hydrogen-bond acceptors (Lipinski definition) is 5. The first kappa shape index (κ1) is 20.5. The minimum absolute atomic E-state index is 0.0179. The molecule has 29 heavy (non-hydrogen) atoms. The number of halogens is 4. The van der Waals surface area contributed by atoms with Crippen LogP contribution in [-0.2, 0) is 19.8 Å². The highest BCUT2D eigenvalue weighted by atomic mass is 35.5. The van der Waals surface area contributed by atoms with E-state index in [0.29, 0.717) is 26.1 Å². The topological polar surface area (TPSA) is 92.1 Å². The molecule has 152 valence electrons. The zero-order valence-electron chi connectivity index (χ0n) is 14.9. The Morgan fingerprint density at radius 3 is 2.48 bits per heavy atom. The van der Waals surface area contributed by atoms with Gasteiger partial charge in [-0.2, -0.15) is 13.2 Å². The second-order valence-corrected chi connectivity index (χ2v) is 6.43. The molecule has 3 aromatic rings. The lowest BCUT2D eigenvalue weighted by Crippen LogP contribution is -2.40. The number of alkyl halides is 3. The van der Waals surface area contributed by atoms with Gasteiger partial charge in [0.25, 0.3) is 5.56 Å². The van der Waals surface area contributed by atoms with Crippen molar-refractivity contribution in [1.82, 2.24) is 14.1 Å². The zero-order valence-corrected chi connectivity index (χ0v) is 15.7. The number of nitrogens with zero attached hydrogens (tertiary/aromatic N) is 3. The highest BCUT2D eigenvalue weighted by molar-refractivity contribution is 6.29. The lowest BCUT2D eigenvalue weighted by molar-refractivity contribution is -0.144. The summed E-state index contributed by atoms with van der Waals surface area (Å²) in [7, 11) is 0.926. The normalized spacial score (nSPS) is 11.5. The van der Waals surface area contributed by atoms with E-state index in [1.165, 1.54) is 24.4 Å². The fraction of sp³-hybridized carbons (Fsp3) is 0.167. The number of rotatable bonds is 4. The van der Waals surface area contributed by atoms with Gasteiger partial charge in [-0.1, -0.05) is 17.7 Å². The first-order chi connectivity index (χ1) is 13.6. The first-order valence-electron chi connectivity index (χ1n) is 8.11. The lowest BCUT2D eigenvalue weighted by Gasteiger charge is -2.15. The molecule has 0 aliphatic carbocycles. The molecule has 0 atom stereocenters. The fourth-order valence-corrected chi connectivity index (χ4v) is 2.72. The molecule has 1 aromatic carbocycles. The molecule has 11 heteroatoms. The highest BCUT2D eigenvalue weighted by Crippen LogP contribution is 2.27. The van der Waals surface area contributed by atoms with Gasteiger partial charge in [0.15, 0.2) is 0 Å². The van der Waals surface area contributed by atoms with E-state index < -0.39 is 23.1 Å². The maximum absolute atomic E-state index is 13.0. The van der Waals surface area contributed by atoms with Crippen molar-refractivity contribution in [2.45, 2.75) is 12.8 Å². The predicted octanol–water partition coefficient (Wildman–Crippen LogP) is 2.76. The van der Waals surface area contributed by atoms with Crippen LogP contribution in [0.5, 0.6) is 5.75 Å². The van der Waals surface area contributed by atoms with Gasteiger partial charge in [-0.25, -0.2) is 14.3 Å². The molecular weight excluding hydrogens is 413 g/mol. The molecule has 0 bridgehead atoms. The van der Waals surface area contributed by atoms with Crippen LogP contribution in [0.1, 0.15) is 11.3 Å². The first-order valence-corrected chi connectivity index (χ1v) is 8.49. The second-order valence-electron chi connectivity index (χ2n) is 6.04. The summed E-state index contributed by atoms with van der Waals surface area (Å²) in [6, 6.07) is 7.80. The number of nitrogen functional groups attached to an aromatic ring is 1. The number of pyridine rings is 1. The number of ether oxygens (including phenoxy) is 1. The number of benzene rings is 1. The van der Waals surface area contributed by atoms with Gasteiger partial charge in [-0.05, 0) is 18.2 Å².